The number of allylic oxidation sites excluding steroid dienone is 4. The molecule has 0 saturated heterocycles. The number of aromatic amines is 1. The maximum atomic E-state index is 9.83. The van der Waals surface area contributed by atoms with Crippen molar-refractivity contribution in [1.82, 2.24) is 15.5 Å². The Labute approximate surface area is 143 Å². The van der Waals surface area contributed by atoms with Gasteiger partial charge < -0.3 is 5.32 Å². The molecule has 0 bridgehead atoms. The zero-order valence-electron chi connectivity index (χ0n) is 14.5. The SMILES string of the molecule is CC1=C(C#N)C(C2CCc3[nH]ncc3C2)C(C#N)=C(CC(C)C)N1. The number of nitrogens with zero attached hydrogens (tertiary/aromatic N) is 3. The van der Waals surface area contributed by atoms with E-state index in [4.69, 9.17) is 0 Å². The van der Waals surface area contributed by atoms with Crippen molar-refractivity contribution in [3.63, 3.8) is 0 Å². The molecule has 5 heteroatoms. The Morgan fingerprint density at radius 1 is 1.29 bits per heavy atom. The molecule has 2 N–H and O–H groups in total. The second-order valence-corrected chi connectivity index (χ2v) is 7.23. The number of rotatable bonds is 3. The highest BCUT2D eigenvalue weighted by atomic mass is 15.1. The molecule has 2 unspecified atom stereocenters. The topological polar surface area (TPSA) is 88.3 Å². The van der Waals surface area contributed by atoms with Crippen molar-refractivity contribution < 1.29 is 0 Å². The average Bonchev–Trinajstić information content (AvgIpc) is 3.01. The molecule has 3 rings (SSSR count). The van der Waals surface area contributed by atoms with Gasteiger partial charge in [-0.15, -0.1) is 0 Å². The lowest BCUT2D eigenvalue weighted by atomic mass is 9.70. The number of nitrogens with one attached hydrogen (secondary N) is 2. The van der Waals surface area contributed by atoms with Crippen molar-refractivity contribution in [1.29, 1.82) is 10.5 Å². The van der Waals surface area contributed by atoms with Crippen LogP contribution in [0, 0.1) is 40.4 Å². The second-order valence-electron chi connectivity index (χ2n) is 7.23. The van der Waals surface area contributed by atoms with Crippen LogP contribution in [0.4, 0.5) is 0 Å². The molecular weight excluding hydrogens is 298 g/mol. The normalized spacial score (nSPS) is 23.6. The number of aryl methyl sites for hydroxylation is 1. The van der Waals surface area contributed by atoms with Crippen LogP contribution in [0.15, 0.2) is 28.7 Å². The summed E-state index contributed by atoms with van der Waals surface area (Å²) in [5.41, 5.74) is 5.78. The van der Waals surface area contributed by atoms with Gasteiger partial charge in [0, 0.05) is 23.0 Å². The quantitative estimate of drug-likeness (QED) is 0.893. The number of H-pyrrole nitrogens is 1. The van der Waals surface area contributed by atoms with Crippen molar-refractivity contribution in [2.24, 2.45) is 17.8 Å². The fourth-order valence-corrected chi connectivity index (χ4v) is 3.99. The van der Waals surface area contributed by atoms with Crippen LogP contribution in [0.3, 0.4) is 0 Å². The van der Waals surface area contributed by atoms with Gasteiger partial charge in [-0.05, 0) is 50.0 Å². The molecule has 124 valence electrons. The highest BCUT2D eigenvalue weighted by molar-refractivity contribution is 5.48. The number of hydrogen-bond acceptors (Lipinski definition) is 4. The maximum absolute atomic E-state index is 9.83. The van der Waals surface area contributed by atoms with Gasteiger partial charge in [0.2, 0.25) is 0 Å². The second kappa shape index (κ2) is 6.53. The van der Waals surface area contributed by atoms with E-state index in [1.165, 1.54) is 11.3 Å². The standard InChI is InChI=1S/C19H23N5/c1-11(2)6-18-16(9-21)19(15(8-20)12(3)23-18)13-4-5-17-14(7-13)10-22-24-17/h10-11,13,19,23H,4-7H2,1-3H3,(H,22,24). The summed E-state index contributed by atoms with van der Waals surface area (Å²) in [6.07, 6.45) is 5.49. The Hall–Kier alpha value is -2.53. The third-order valence-electron chi connectivity index (χ3n) is 5.07. The number of nitriles is 2. The molecule has 0 saturated carbocycles. The van der Waals surface area contributed by atoms with E-state index in [1.807, 2.05) is 13.1 Å². The highest BCUT2D eigenvalue weighted by Crippen LogP contribution is 2.41. The van der Waals surface area contributed by atoms with Crippen LogP contribution in [-0.4, -0.2) is 10.2 Å². The van der Waals surface area contributed by atoms with Gasteiger partial charge in [-0.2, -0.15) is 15.6 Å². The van der Waals surface area contributed by atoms with Crippen LogP contribution >= 0.6 is 0 Å². The molecule has 0 spiro atoms. The Morgan fingerprint density at radius 3 is 2.71 bits per heavy atom. The summed E-state index contributed by atoms with van der Waals surface area (Å²) in [4.78, 5) is 0. The minimum Gasteiger partial charge on any atom is -0.361 e. The number of hydrogen-bond donors (Lipinski definition) is 2. The van der Waals surface area contributed by atoms with Gasteiger partial charge >= 0.3 is 0 Å². The van der Waals surface area contributed by atoms with Gasteiger partial charge in [0.05, 0.1) is 29.5 Å². The lowest BCUT2D eigenvalue weighted by Crippen LogP contribution is -2.33. The van der Waals surface area contributed by atoms with E-state index in [2.05, 4.69) is 41.5 Å². The maximum Gasteiger partial charge on any atom is 0.0972 e. The first-order valence-electron chi connectivity index (χ1n) is 8.57. The van der Waals surface area contributed by atoms with Crippen LogP contribution < -0.4 is 5.32 Å². The molecule has 2 aliphatic rings. The fourth-order valence-electron chi connectivity index (χ4n) is 3.99. The van der Waals surface area contributed by atoms with Crippen molar-refractivity contribution in [2.45, 2.75) is 46.5 Å². The summed E-state index contributed by atoms with van der Waals surface area (Å²) < 4.78 is 0. The Kier molecular flexibility index (Phi) is 4.44. The van der Waals surface area contributed by atoms with E-state index in [-0.39, 0.29) is 11.8 Å². The predicted octanol–water partition coefficient (Wildman–Crippen LogP) is 3.36. The van der Waals surface area contributed by atoms with Crippen LogP contribution in [-0.2, 0) is 12.8 Å². The molecule has 1 aromatic heterocycles. The molecule has 24 heavy (non-hydrogen) atoms. The molecule has 1 aromatic rings. The van der Waals surface area contributed by atoms with Gasteiger partial charge in [-0.25, -0.2) is 0 Å². The summed E-state index contributed by atoms with van der Waals surface area (Å²) in [5, 5.41) is 30.1. The summed E-state index contributed by atoms with van der Waals surface area (Å²) >= 11 is 0. The van der Waals surface area contributed by atoms with E-state index in [1.54, 1.807) is 0 Å². The third-order valence-corrected chi connectivity index (χ3v) is 5.07. The van der Waals surface area contributed by atoms with E-state index in [9.17, 15) is 10.5 Å². The Bertz CT molecular complexity index is 781. The Balaban J connectivity index is 2.01. The number of dihydropyridines is 1. The van der Waals surface area contributed by atoms with Crippen molar-refractivity contribution in [3.05, 3.63) is 40.0 Å². The summed E-state index contributed by atoms with van der Waals surface area (Å²) in [6.45, 7) is 6.25. The van der Waals surface area contributed by atoms with E-state index >= 15 is 0 Å². The third kappa shape index (κ3) is 2.83. The smallest absolute Gasteiger partial charge is 0.0972 e. The van der Waals surface area contributed by atoms with Gasteiger partial charge in [-0.1, -0.05) is 13.8 Å². The summed E-state index contributed by atoms with van der Waals surface area (Å²) in [6, 6.07) is 4.78. The first-order chi connectivity index (χ1) is 11.5. The molecule has 0 amide bonds. The molecule has 0 fully saturated rings. The van der Waals surface area contributed by atoms with Gasteiger partial charge in [-0.3, -0.25) is 5.10 Å². The summed E-state index contributed by atoms with van der Waals surface area (Å²) in [7, 11) is 0. The van der Waals surface area contributed by atoms with Crippen LogP contribution in [0.2, 0.25) is 0 Å². The molecule has 5 nitrogen and oxygen atoms in total. The minimum absolute atomic E-state index is 0.0990. The van der Waals surface area contributed by atoms with Gasteiger partial charge in [0.15, 0.2) is 0 Å². The van der Waals surface area contributed by atoms with Crippen LogP contribution in [0.5, 0.6) is 0 Å². The number of fused-ring (bicyclic) bond motifs is 1. The van der Waals surface area contributed by atoms with Crippen molar-refractivity contribution in [3.8, 4) is 12.1 Å². The molecular formula is C19H23N5. The molecule has 2 heterocycles. The van der Waals surface area contributed by atoms with Crippen molar-refractivity contribution in [2.75, 3.05) is 0 Å². The average molecular weight is 321 g/mol. The monoisotopic (exact) mass is 321 g/mol. The molecule has 1 aliphatic carbocycles. The van der Waals surface area contributed by atoms with E-state index in [0.717, 1.165) is 48.2 Å². The first kappa shape index (κ1) is 16.3. The predicted molar refractivity (Wildman–Crippen MR) is 91.1 cm³/mol. The zero-order chi connectivity index (χ0) is 17.3. The lowest BCUT2D eigenvalue weighted by Gasteiger charge is -2.35. The minimum atomic E-state index is -0.0990. The Morgan fingerprint density at radius 2 is 2.04 bits per heavy atom. The van der Waals surface area contributed by atoms with E-state index in [0.29, 0.717) is 5.92 Å². The molecule has 0 aromatic carbocycles. The lowest BCUT2D eigenvalue weighted by molar-refractivity contribution is 0.370. The van der Waals surface area contributed by atoms with E-state index < -0.39 is 0 Å². The molecule has 1 aliphatic heterocycles. The van der Waals surface area contributed by atoms with Gasteiger partial charge in [0.1, 0.15) is 0 Å². The van der Waals surface area contributed by atoms with Gasteiger partial charge in [0.25, 0.3) is 0 Å². The van der Waals surface area contributed by atoms with Crippen molar-refractivity contribution >= 4 is 0 Å². The van der Waals surface area contributed by atoms with Crippen LogP contribution in [0.25, 0.3) is 0 Å². The molecule has 0 radical (unpaired) electrons. The number of aromatic nitrogens is 2. The first-order valence-corrected chi connectivity index (χ1v) is 8.57. The van der Waals surface area contributed by atoms with Crippen LogP contribution in [0.1, 0.15) is 44.9 Å². The fraction of sp³-hybridized carbons (Fsp3) is 0.526. The largest absolute Gasteiger partial charge is 0.361 e. The summed E-state index contributed by atoms with van der Waals surface area (Å²) in [5.74, 6) is 0.636. The zero-order valence-corrected chi connectivity index (χ0v) is 14.5. The highest BCUT2D eigenvalue weighted by Gasteiger charge is 2.37. The molecule has 2 atom stereocenters.